The van der Waals surface area contributed by atoms with Crippen molar-refractivity contribution >= 4 is 15.9 Å². The summed E-state index contributed by atoms with van der Waals surface area (Å²) in [4.78, 5) is 0. The van der Waals surface area contributed by atoms with E-state index in [1.807, 2.05) is 28.9 Å². The number of hydrogen-bond donors (Lipinski definition) is 1. The topological polar surface area (TPSA) is 53.1 Å². The molecule has 1 aromatic heterocycles. The standard InChI is InChI=1S/C16H22BrN3O/c1-4-13-16(17)14(20(5-2)19-13)10-12(18)11-8-6-7-9-15(11)21-3/h6-9,12H,4-5,10,18H2,1-3H3. The van der Waals surface area contributed by atoms with Crippen molar-refractivity contribution in [2.75, 3.05) is 7.11 Å². The Morgan fingerprint density at radius 1 is 1.33 bits per heavy atom. The molecule has 2 rings (SSSR count). The van der Waals surface area contributed by atoms with Crippen LogP contribution in [0.4, 0.5) is 0 Å². The normalized spacial score (nSPS) is 12.4. The molecular formula is C16H22BrN3O. The zero-order chi connectivity index (χ0) is 15.4. The summed E-state index contributed by atoms with van der Waals surface area (Å²) in [6, 6.07) is 7.78. The Hall–Kier alpha value is -1.33. The fourth-order valence-corrected chi connectivity index (χ4v) is 3.23. The fraction of sp³-hybridized carbons (Fsp3) is 0.438. The van der Waals surface area contributed by atoms with Crippen LogP contribution in [0.2, 0.25) is 0 Å². The SMILES string of the molecule is CCc1nn(CC)c(CC(N)c2ccccc2OC)c1Br. The molecule has 0 radical (unpaired) electrons. The maximum Gasteiger partial charge on any atom is 0.123 e. The van der Waals surface area contributed by atoms with Crippen LogP contribution in [0.15, 0.2) is 28.7 Å². The third kappa shape index (κ3) is 3.30. The average Bonchev–Trinajstić information content (AvgIpc) is 2.83. The summed E-state index contributed by atoms with van der Waals surface area (Å²) in [6.07, 6.45) is 1.63. The number of rotatable bonds is 6. The molecule has 1 unspecified atom stereocenters. The maximum atomic E-state index is 6.40. The van der Waals surface area contributed by atoms with Crippen LogP contribution >= 0.6 is 15.9 Å². The van der Waals surface area contributed by atoms with Crippen molar-refractivity contribution in [3.05, 3.63) is 45.7 Å². The van der Waals surface area contributed by atoms with Crippen molar-refractivity contribution in [2.24, 2.45) is 5.73 Å². The van der Waals surface area contributed by atoms with Crippen LogP contribution < -0.4 is 10.5 Å². The number of benzene rings is 1. The molecule has 0 bridgehead atoms. The first kappa shape index (κ1) is 16.0. The van der Waals surface area contributed by atoms with Gasteiger partial charge < -0.3 is 10.5 Å². The van der Waals surface area contributed by atoms with Gasteiger partial charge >= 0.3 is 0 Å². The van der Waals surface area contributed by atoms with E-state index in [9.17, 15) is 0 Å². The van der Waals surface area contributed by atoms with Gasteiger partial charge in [0.2, 0.25) is 0 Å². The minimum absolute atomic E-state index is 0.121. The molecule has 0 fully saturated rings. The summed E-state index contributed by atoms with van der Waals surface area (Å²) < 4.78 is 8.51. The lowest BCUT2D eigenvalue weighted by molar-refractivity contribution is 0.405. The van der Waals surface area contributed by atoms with Crippen molar-refractivity contribution in [2.45, 2.75) is 39.3 Å². The van der Waals surface area contributed by atoms with Gasteiger partial charge in [-0.2, -0.15) is 5.10 Å². The average molecular weight is 352 g/mol. The molecule has 2 N–H and O–H groups in total. The van der Waals surface area contributed by atoms with Crippen LogP contribution in [-0.4, -0.2) is 16.9 Å². The second-order valence-corrected chi connectivity index (χ2v) is 5.72. The molecule has 0 saturated heterocycles. The molecule has 1 atom stereocenters. The molecule has 1 heterocycles. The third-order valence-electron chi connectivity index (χ3n) is 3.65. The highest BCUT2D eigenvalue weighted by Gasteiger charge is 2.19. The predicted molar refractivity (Wildman–Crippen MR) is 88.6 cm³/mol. The van der Waals surface area contributed by atoms with E-state index in [-0.39, 0.29) is 6.04 Å². The smallest absolute Gasteiger partial charge is 0.123 e. The molecule has 114 valence electrons. The number of hydrogen-bond acceptors (Lipinski definition) is 3. The maximum absolute atomic E-state index is 6.40. The van der Waals surface area contributed by atoms with E-state index >= 15 is 0 Å². The molecular weight excluding hydrogens is 330 g/mol. The van der Waals surface area contributed by atoms with Crippen LogP contribution in [0.1, 0.15) is 36.8 Å². The van der Waals surface area contributed by atoms with Gasteiger partial charge in [0.25, 0.3) is 0 Å². The molecule has 0 saturated carbocycles. The van der Waals surface area contributed by atoms with Gasteiger partial charge in [-0.3, -0.25) is 4.68 Å². The molecule has 0 aliphatic rings. The molecule has 2 aromatic rings. The Bertz CT molecular complexity index is 610. The highest BCUT2D eigenvalue weighted by atomic mass is 79.9. The lowest BCUT2D eigenvalue weighted by atomic mass is 10.0. The van der Waals surface area contributed by atoms with Gasteiger partial charge in [0, 0.05) is 24.6 Å². The van der Waals surface area contributed by atoms with Crippen LogP contribution in [0, 0.1) is 0 Å². The van der Waals surface area contributed by atoms with Crippen molar-refractivity contribution < 1.29 is 4.74 Å². The van der Waals surface area contributed by atoms with Crippen LogP contribution in [0.25, 0.3) is 0 Å². The molecule has 4 nitrogen and oxygen atoms in total. The first-order valence-electron chi connectivity index (χ1n) is 7.24. The van der Waals surface area contributed by atoms with Gasteiger partial charge in [-0.25, -0.2) is 0 Å². The molecule has 0 aliphatic carbocycles. The summed E-state index contributed by atoms with van der Waals surface area (Å²) in [5.74, 6) is 0.833. The number of aryl methyl sites for hydroxylation is 2. The number of para-hydroxylation sites is 1. The number of nitrogens with zero attached hydrogens (tertiary/aromatic N) is 2. The third-order valence-corrected chi connectivity index (χ3v) is 4.56. The second-order valence-electron chi connectivity index (χ2n) is 4.93. The Labute approximate surface area is 134 Å². The summed E-state index contributed by atoms with van der Waals surface area (Å²) >= 11 is 3.67. The molecule has 0 spiro atoms. The Balaban J connectivity index is 2.31. The first-order valence-corrected chi connectivity index (χ1v) is 8.04. The number of methoxy groups -OCH3 is 1. The fourth-order valence-electron chi connectivity index (χ4n) is 2.50. The van der Waals surface area contributed by atoms with Crippen molar-refractivity contribution in [1.82, 2.24) is 9.78 Å². The number of nitrogens with two attached hydrogens (primary N) is 1. The van der Waals surface area contributed by atoms with Crippen molar-refractivity contribution in [1.29, 1.82) is 0 Å². The van der Waals surface area contributed by atoms with Gasteiger partial charge in [-0.05, 0) is 35.3 Å². The number of aromatic nitrogens is 2. The predicted octanol–water partition coefficient (Wildman–Crippen LogP) is 3.48. The largest absolute Gasteiger partial charge is 0.496 e. The Morgan fingerprint density at radius 2 is 2.05 bits per heavy atom. The second kappa shape index (κ2) is 7.09. The van der Waals surface area contributed by atoms with Gasteiger partial charge in [0.15, 0.2) is 0 Å². The summed E-state index contributed by atoms with van der Waals surface area (Å²) in [5.41, 5.74) is 9.66. The quantitative estimate of drug-likeness (QED) is 0.866. The molecule has 0 aliphatic heterocycles. The van der Waals surface area contributed by atoms with Gasteiger partial charge in [-0.15, -0.1) is 0 Å². The van der Waals surface area contributed by atoms with Gasteiger partial charge in [0.05, 0.1) is 23.0 Å². The van der Waals surface area contributed by atoms with E-state index in [4.69, 9.17) is 10.5 Å². The number of halogens is 1. The van der Waals surface area contributed by atoms with E-state index in [0.29, 0.717) is 0 Å². The van der Waals surface area contributed by atoms with Crippen LogP contribution in [0.3, 0.4) is 0 Å². The minimum Gasteiger partial charge on any atom is -0.496 e. The Morgan fingerprint density at radius 3 is 2.67 bits per heavy atom. The Kier molecular flexibility index (Phi) is 5.42. The van der Waals surface area contributed by atoms with E-state index in [1.165, 1.54) is 0 Å². The van der Waals surface area contributed by atoms with E-state index in [0.717, 1.165) is 46.6 Å². The molecule has 1 aromatic carbocycles. The summed E-state index contributed by atoms with van der Waals surface area (Å²) in [5, 5.41) is 4.62. The van der Waals surface area contributed by atoms with Crippen molar-refractivity contribution in [3.8, 4) is 5.75 Å². The highest BCUT2D eigenvalue weighted by Crippen LogP contribution is 2.29. The number of ether oxygens (including phenoxy) is 1. The molecule has 0 amide bonds. The van der Waals surface area contributed by atoms with Crippen molar-refractivity contribution in [3.63, 3.8) is 0 Å². The summed E-state index contributed by atoms with van der Waals surface area (Å²) in [6.45, 7) is 5.04. The highest BCUT2D eigenvalue weighted by molar-refractivity contribution is 9.10. The zero-order valence-corrected chi connectivity index (χ0v) is 14.4. The zero-order valence-electron chi connectivity index (χ0n) is 12.8. The summed E-state index contributed by atoms with van der Waals surface area (Å²) in [7, 11) is 1.67. The molecule has 21 heavy (non-hydrogen) atoms. The monoisotopic (exact) mass is 351 g/mol. The van der Waals surface area contributed by atoms with Crippen LogP contribution in [0.5, 0.6) is 5.75 Å². The van der Waals surface area contributed by atoms with Crippen LogP contribution in [-0.2, 0) is 19.4 Å². The lowest BCUT2D eigenvalue weighted by Crippen LogP contribution is -2.17. The lowest BCUT2D eigenvalue weighted by Gasteiger charge is -2.16. The van der Waals surface area contributed by atoms with E-state index < -0.39 is 0 Å². The minimum atomic E-state index is -0.121. The first-order chi connectivity index (χ1) is 10.1. The van der Waals surface area contributed by atoms with Gasteiger partial charge in [-0.1, -0.05) is 25.1 Å². The molecule has 5 heteroatoms. The van der Waals surface area contributed by atoms with E-state index in [2.05, 4.69) is 34.9 Å². The van der Waals surface area contributed by atoms with E-state index in [1.54, 1.807) is 7.11 Å². The van der Waals surface area contributed by atoms with Gasteiger partial charge in [0.1, 0.15) is 5.75 Å².